The van der Waals surface area contributed by atoms with Crippen molar-refractivity contribution in [2.24, 2.45) is 5.92 Å². The van der Waals surface area contributed by atoms with Crippen molar-refractivity contribution in [3.63, 3.8) is 0 Å². The lowest BCUT2D eigenvalue weighted by Gasteiger charge is -2.24. The summed E-state index contributed by atoms with van der Waals surface area (Å²) < 4.78 is 32.5. The molecule has 1 saturated heterocycles. The van der Waals surface area contributed by atoms with E-state index in [1.807, 2.05) is 0 Å². The van der Waals surface area contributed by atoms with Crippen LogP contribution in [0.1, 0.15) is 19.3 Å². The third kappa shape index (κ3) is 3.35. The molecule has 0 bridgehead atoms. The summed E-state index contributed by atoms with van der Waals surface area (Å²) in [5, 5.41) is 0.260. The molecule has 1 aliphatic heterocycles. The third-order valence-electron chi connectivity index (χ3n) is 3.79. The number of nitrogens with zero attached hydrogens (tertiary/aromatic N) is 2. The quantitative estimate of drug-likeness (QED) is 0.765. The second-order valence-corrected chi connectivity index (χ2v) is 8.13. The third-order valence-corrected chi connectivity index (χ3v) is 6.36. The van der Waals surface area contributed by atoms with Gasteiger partial charge in [-0.2, -0.15) is 4.31 Å². The molecular weight excluding hydrogens is 335 g/mol. The summed E-state index contributed by atoms with van der Waals surface area (Å²) in [6.45, 7) is 1.82. The van der Waals surface area contributed by atoms with Gasteiger partial charge in [0.2, 0.25) is 10.0 Å². The Balaban J connectivity index is 1.87. The van der Waals surface area contributed by atoms with Gasteiger partial charge in [0, 0.05) is 25.4 Å². The molecule has 21 heavy (non-hydrogen) atoms. The van der Waals surface area contributed by atoms with Crippen LogP contribution in [-0.4, -0.2) is 43.5 Å². The van der Waals surface area contributed by atoms with Gasteiger partial charge in [-0.05, 0) is 31.2 Å². The molecule has 0 aromatic carbocycles. The zero-order chi connectivity index (χ0) is 15.0. The number of ether oxygens (including phenoxy) is 1. The van der Waals surface area contributed by atoms with E-state index >= 15 is 0 Å². The van der Waals surface area contributed by atoms with Gasteiger partial charge in [-0.1, -0.05) is 23.2 Å². The molecule has 8 heteroatoms. The lowest BCUT2D eigenvalue weighted by molar-refractivity contribution is 0.180. The van der Waals surface area contributed by atoms with Crippen molar-refractivity contribution in [3.05, 3.63) is 22.4 Å². The Hall–Kier alpha value is -0.400. The number of hydrogen-bond acceptors (Lipinski definition) is 4. The van der Waals surface area contributed by atoms with E-state index in [0.29, 0.717) is 19.8 Å². The molecule has 1 unspecified atom stereocenters. The Morgan fingerprint density at radius 3 is 2.67 bits per heavy atom. The molecule has 1 aliphatic carbocycles. The van der Waals surface area contributed by atoms with Crippen LogP contribution in [0, 0.1) is 5.92 Å². The van der Waals surface area contributed by atoms with Crippen LogP contribution < -0.4 is 0 Å². The lowest BCUT2D eigenvalue weighted by Crippen LogP contribution is -2.37. The van der Waals surface area contributed by atoms with E-state index < -0.39 is 10.0 Å². The van der Waals surface area contributed by atoms with Gasteiger partial charge < -0.3 is 4.74 Å². The molecule has 1 saturated carbocycles. The Bertz CT molecular complexity index is 628. The highest BCUT2D eigenvalue weighted by molar-refractivity contribution is 7.89. The predicted molar refractivity (Wildman–Crippen MR) is 80.1 cm³/mol. The maximum absolute atomic E-state index is 12.8. The molecule has 5 nitrogen and oxygen atoms in total. The van der Waals surface area contributed by atoms with Crippen molar-refractivity contribution >= 4 is 33.2 Å². The van der Waals surface area contributed by atoms with Crippen LogP contribution in [0.5, 0.6) is 0 Å². The van der Waals surface area contributed by atoms with Crippen LogP contribution in [-0.2, 0) is 14.8 Å². The topological polar surface area (TPSA) is 59.5 Å². The molecule has 0 radical (unpaired) electrons. The molecule has 1 aromatic heterocycles. The SMILES string of the molecule is O=S(=O)(c1cnc(Cl)c(Cl)c1)N(CC1CCOC1)C1CC1. The maximum Gasteiger partial charge on any atom is 0.244 e. The zero-order valence-electron chi connectivity index (χ0n) is 11.3. The molecule has 2 fully saturated rings. The fraction of sp³-hybridized carbons (Fsp3) is 0.615. The van der Waals surface area contributed by atoms with E-state index in [1.165, 1.54) is 12.3 Å². The summed E-state index contributed by atoms with van der Waals surface area (Å²) in [5.41, 5.74) is 0. The first-order valence-electron chi connectivity index (χ1n) is 6.89. The highest BCUT2D eigenvalue weighted by Gasteiger charge is 2.40. The van der Waals surface area contributed by atoms with Gasteiger partial charge in [0.25, 0.3) is 0 Å². The summed E-state index contributed by atoms with van der Waals surface area (Å²) in [6, 6.07) is 1.46. The summed E-state index contributed by atoms with van der Waals surface area (Å²) in [7, 11) is -3.59. The van der Waals surface area contributed by atoms with Crippen molar-refractivity contribution in [3.8, 4) is 0 Å². The second-order valence-electron chi connectivity index (χ2n) is 5.48. The van der Waals surface area contributed by atoms with Gasteiger partial charge in [-0.25, -0.2) is 13.4 Å². The predicted octanol–water partition coefficient (Wildman–Crippen LogP) is 2.58. The van der Waals surface area contributed by atoms with Crippen LogP contribution in [0.2, 0.25) is 10.2 Å². The minimum atomic E-state index is -3.59. The van der Waals surface area contributed by atoms with Gasteiger partial charge in [0.15, 0.2) is 0 Å². The minimum Gasteiger partial charge on any atom is -0.381 e. The van der Waals surface area contributed by atoms with Crippen LogP contribution in [0.15, 0.2) is 17.2 Å². The van der Waals surface area contributed by atoms with E-state index in [-0.39, 0.29) is 27.0 Å². The standard InChI is InChI=1S/C13H16Cl2N2O3S/c14-12-5-11(6-16-13(12)15)21(18,19)17(10-1-2-10)7-9-3-4-20-8-9/h5-6,9-10H,1-4,7-8H2. The molecule has 0 N–H and O–H groups in total. The first-order valence-corrected chi connectivity index (χ1v) is 9.08. The average molecular weight is 351 g/mol. The van der Waals surface area contributed by atoms with Gasteiger partial charge in [-0.15, -0.1) is 0 Å². The fourth-order valence-corrected chi connectivity index (χ4v) is 4.54. The molecule has 116 valence electrons. The van der Waals surface area contributed by atoms with Crippen LogP contribution in [0.3, 0.4) is 0 Å². The van der Waals surface area contributed by atoms with E-state index in [1.54, 1.807) is 4.31 Å². The van der Waals surface area contributed by atoms with Crippen LogP contribution in [0.4, 0.5) is 0 Å². The van der Waals surface area contributed by atoms with Crippen molar-refractivity contribution in [2.75, 3.05) is 19.8 Å². The van der Waals surface area contributed by atoms with Gasteiger partial charge >= 0.3 is 0 Å². The largest absolute Gasteiger partial charge is 0.381 e. The number of hydrogen-bond donors (Lipinski definition) is 0. The number of aromatic nitrogens is 1. The van der Waals surface area contributed by atoms with E-state index in [4.69, 9.17) is 27.9 Å². The average Bonchev–Trinajstić information content (AvgIpc) is 3.15. The van der Waals surface area contributed by atoms with E-state index in [0.717, 1.165) is 19.3 Å². The molecule has 1 aromatic rings. The molecule has 0 amide bonds. The van der Waals surface area contributed by atoms with Crippen LogP contribution >= 0.6 is 23.2 Å². The summed E-state index contributed by atoms with van der Waals surface area (Å²) in [6.07, 6.45) is 3.98. The number of pyridine rings is 1. The summed E-state index contributed by atoms with van der Waals surface area (Å²) in [4.78, 5) is 3.94. The van der Waals surface area contributed by atoms with Crippen molar-refractivity contribution in [1.29, 1.82) is 0 Å². The molecule has 0 spiro atoms. The van der Waals surface area contributed by atoms with E-state index in [9.17, 15) is 8.42 Å². The first kappa shape index (κ1) is 15.5. The van der Waals surface area contributed by atoms with Crippen LogP contribution in [0.25, 0.3) is 0 Å². The minimum absolute atomic E-state index is 0.0880. The zero-order valence-corrected chi connectivity index (χ0v) is 13.7. The van der Waals surface area contributed by atoms with Gasteiger partial charge in [0.05, 0.1) is 11.6 Å². The van der Waals surface area contributed by atoms with Crippen molar-refractivity contribution < 1.29 is 13.2 Å². The molecule has 3 rings (SSSR count). The maximum atomic E-state index is 12.8. The molecule has 2 heterocycles. The smallest absolute Gasteiger partial charge is 0.244 e. The van der Waals surface area contributed by atoms with Crippen molar-refractivity contribution in [2.45, 2.75) is 30.2 Å². The molecular formula is C13H16Cl2N2O3S. The van der Waals surface area contributed by atoms with Gasteiger partial charge in [-0.3, -0.25) is 0 Å². The van der Waals surface area contributed by atoms with Gasteiger partial charge in [0.1, 0.15) is 10.0 Å². The fourth-order valence-electron chi connectivity index (χ4n) is 2.47. The highest BCUT2D eigenvalue weighted by atomic mass is 35.5. The number of sulfonamides is 1. The number of halogens is 2. The lowest BCUT2D eigenvalue weighted by atomic mass is 10.1. The van der Waals surface area contributed by atoms with E-state index in [2.05, 4.69) is 4.98 Å². The Labute approximate surface area is 134 Å². The highest BCUT2D eigenvalue weighted by Crippen LogP contribution is 2.34. The Morgan fingerprint density at radius 1 is 1.33 bits per heavy atom. The molecule has 1 atom stereocenters. The Morgan fingerprint density at radius 2 is 2.10 bits per heavy atom. The number of rotatable bonds is 5. The normalized spacial score (nSPS) is 22.9. The summed E-state index contributed by atoms with van der Waals surface area (Å²) in [5.74, 6) is 0.260. The first-order chi connectivity index (χ1) is 9.98. The van der Waals surface area contributed by atoms with Crippen molar-refractivity contribution in [1.82, 2.24) is 9.29 Å². The summed E-state index contributed by atoms with van der Waals surface area (Å²) >= 11 is 11.6. The second kappa shape index (κ2) is 6.01. The monoisotopic (exact) mass is 350 g/mol. The molecule has 2 aliphatic rings. The Kier molecular flexibility index (Phi) is 4.43.